The highest BCUT2D eigenvalue weighted by molar-refractivity contribution is 5.86. The average Bonchev–Trinajstić information content (AvgIpc) is 3.72. The topological polar surface area (TPSA) is 93.1 Å². The lowest BCUT2D eigenvalue weighted by atomic mass is 9.79. The van der Waals surface area contributed by atoms with Gasteiger partial charge in [-0.3, -0.25) is 10.1 Å². The predicted octanol–water partition coefficient (Wildman–Crippen LogP) is 21.2. The molecule has 2 aliphatic heterocycles. The van der Waals surface area contributed by atoms with Gasteiger partial charge in [0.2, 0.25) is 5.91 Å². The van der Waals surface area contributed by atoms with Gasteiger partial charge in [-0.25, -0.2) is 4.79 Å². The molecule has 0 unspecified atom stereocenters. The number of hydrogen-bond acceptors (Lipinski definition) is 4. The van der Waals surface area contributed by atoms with Crippen LogP contribution in [0.25, 0.3) is 0 Å². The summed E-state index contributed by atoms with van der Waals surface area (Å²) in [6, 6.07) is 6.37. The van der Waals surface area contributed by atoms with Gasteiger partial charge in [0, 0.05) is 37.1 Å². The second kappa shape index (κ2) is 43.6. The van der Waals surface area contributed by atoms with Crippen LogP contribution < -0.4 is 10.2 Å². The summed E-state index contributed by atoms with van der Waals surface area (Å²) in [6.07, 6.45) is 69.7. The minimum atomic E-state index is -1.04. The molecule has 1 atom stereocenters. The molecule has 1 aliphatic carbocycles. The summed E-state index contributed by atoms with van der Waals surface area (Å²) in [6.45, 7) is 4.46. The van der Waals surface area contributed by atoms with Crippen LogP contribution in [0.1, 0.15) is 346 Å². The summed E-state index contributed by atoms with van der Waals surface area (Å²) in [5.41, 5.74) is 2.23. The molecule has 2 heterocycles. The van der Waals surface area contributed by atoms with E-state index in [9.17, 15) is 19.8 Å². The van der Waals surface area contributed by atoms with E-state index in [1.807, 2.05) is 13.0 Å². The lowest BCUT2D eigenvalue weighted by Crippen LogP contribution is -2.47. The molecule has 1 spiro atoms. The molecule has 7 heteroatoms. The molecule has 434 valence electrons. The SMILES string of the molecule is Cc1cc(N2CCCCCCCCCCCCCCCCCCCCCCCCCCCCCCCCCCCCCCCCCCCCCCCCC[C@@]3(CCN(C4CCC(O)CC4)C3=O)C2)ccc1NC(=O)O. The van der Waals surface area contributed by atoms with Crippen LogP contribution in [-0.2, 0) is 4.79 Å². The van der Waals surface area contributed by atoms with Gasteiger partial charge in [-0.05, 0) is 75.6 Å². The maximum atomic E-state index is 14.9. The lowest BCUT2D eigenvalue weighted by molar-refractivity contribution is -0.139. The van der Waals surface area contributed by atoms with Crippen molar-refractivity contribution in [2.75, 3.05) is 29.9 Å². The van der Waals surface area contributed by atoms with Gasteiger partial charge < -0.3 is 20.0 Å². The lowest BCUT2D eigenvalue weighted by Gasteiger charge is -2.38. The Balaban J connectivity index is 1.22. The number of carbonyl (C=O) groups is 2. The van der Waals surface area contributed by atoms with Gasteiger partial charge in [0.25, 0.3) is 0 Å². The highest BCUT2D eigenvalue weighted by Crippen LogP contribution is 2.42. The predicted molar refractivity (Wildman–Crippen MR) is 324 cm³/mol. The normalized spacial score (nSPS) is 26.3. The van der Waals surface area contributed by atoms with Gasteiger partial charge in [0.1, 0.15) is 0 Å². The van der Waals surface area contributed by atoms with Crippen molar-refractivity contribution in [2.24, 2.45) is 5.41 Å². The molecule has 1 saturated carbocycles. The highest BCUT2D eigenvalue weighted by Gasteiger charge is 2.49. The van der Waals surface area contributed by atoms with Crippen LogP contribution in [0, 0.1) is 12.3 Å². The molecule has 3 aliphatic rings. The molecule has 3 fully saturated rings. The fourth-order valence-corrected chi connectivity index (χ4v) is 13.5. The first-order chi connectivity index (χ1) is 36.9. The van der Waals surface area contributed by atoms with Crippen molar-refractivity contribution in [1.29, 1.82) is 0 Å². The van der Waals surface area contributed by atoms with Crippen molar-refractivity contribution in [3.8, 4) is 0 Å². The maximum Gasteiger partial charge on any atom is 0.409 e. The first kappa shape index (κ1) is 65.2. The monoisotopic (exact) mass is 1050 g/mol. The summed E-state index contributed by atoms with van der Waals surface area (Å²) in [4.78, 5) is 31.2. The van der Waals surface area contributed by atoms with Gasteiger partial charge in [0.15, 0.2) is 0 Å². The van der Waals surface area contributed by atoms with Gasteiger partial charge in [-0.15, -0.1) is 0 Å². The molecule has 2 saturated heterocycles. The Bertz CT molecular complexity index is 1530. The van der Waals surface area contributed by atoms with E-state index in [1.54, 1.807) is 0 Å². The number of aliphatic hydroxyl groups is 1. The molecule has 0 aromatic heterocycles. The second-order valence-electron chi connectivity index (χ2n) is 25.2. The number of hydrogen-bond donors (Lipinski definition) is 3. The zero-order chi connectivity index (χ0) is 53.1. The van der Waals surface area contributed by atoms with Crippen LogP contribution in [0.15, 0.2) is 18.2 Å². The minimum Gasteiger partial charge on any atom is -0.465 e. The second-order valence-corrected chi connectivity index (χ2v) is 25.2. The summed E-state index contributed by atoms with van der Waals surface area (Å²) in [5, 5.41) is 22.4. The number of aliphatic hydroxyl groups excluding tert-OH is 1. The van der Waals surface area contributed by atoms with Gasteiger partial charge in [0.05, 0.1) is 11.5 Å². The Labute approximate surface area is 464 Å². The van der Waals surface area contributed by atoms with E-state index in [0.717, 1.165) is 82.3 Å². The van der Waals surface area contributed by atoms with E-state index >= 15 is 0 Å². The minimum absolute atomic E-state index is 0.227. The molecule has 4 rings (SSSR count). The van der Waals surface area contributed by atoms with Crippen molar-refractivity contribution in [2.45, 2.75) is 359 Å². The Morgan fingerprint density at radius 3 is 1.09 bits per heavy atom. The Hall–Kier alpha value is -2.28. The summed E-state index contributed by atoms with van der Waals surface area (Å²) in [5.74, 6) is 0.351. The molecule has 2 amide bonds. The third-order valence-electron chi connectivity index (χ3n) is 18.5. The van der Waals surface area contributed by atoms with Crippen LogP contribution >= 0.6 is 0 Å². The van der Waals surface area contributed by atoms with Crippen molar-refractivity contribution in [1.82, 2.24) is 4.90 Å². The first-order valence-corrected chi connectivity index (χ1v) is 33.7. The third kappa shape index (κ3) is 30.6. The number of nitrogens with one attached hydrogen (secondary N) is 1. The zero-order valence-electron chi connectivity index (χ0n) is 49.6. The molecule has 1 aromatic carbocycles. The quantitative estimate of drug-likeness (QED) is 0.280. The van der Waals surface area contributed by atoms with Gasteiger partial charge >= 0.3 is 6.09 Å². The smallest absolute Gasteiger partial charge is 0.409 e. The standard InChI is InChI=1S/C68H123N3O4/c1-61-59-63(51-54-65(61)69-67(74)75)70-57-48-46-44-42-40-38-36-34-32-30-28-26-24-22-20-18-16-14-12-10-8-6-4-2-3-5-7-9-11-13-15-17-19-21-23-25-27-29-31-33-35-37-39-41-43-45-47-55-68(60-70)56-58-71(66(68)73)62-49-52-64(72)53-50-62/h51,54,59,62,64,69,72H,2-50,52-53,55-58,60H2,1H3,(H,74,75)/t62?,64?,68-/m1/s1. The van der Waals surface area contributed by atoms with Crippen LogP contribution in [0.4, 0.5) is 16.2 Å². The van der Waals surface area contributed by atoms with E-state index in [4.69, 9.17) is 0 Å². The fraction of sp³-hybridized carbons (Fsp3) is 0.882. The average molecular weight is 1050 g/mol. The molecule has 3 N–H and O–H groups in total. The molecule has 1 aromatic rings. The number of likely N-dealkylation sites (tertiary alicyclic amines) is 1. The fourth-order valence-electron chi connectivity index (χ4n) is 13.5. The van der Waals surface area contributed by atoms with Crippen LogP contribution in [-0.4, -0.2) is 58.9 Å². The number of rotatable bonds is 3. The van der Waals surface area contributed by atoms with E-state index in [1.165, 1.54) is 289 Å². The summed E-state index contributed by atoms with van der Waals surface area (Å²) >= 11 is 0. The number of carboxylic acid groups (broad SMARTS) is 1. The number of carbonyl (C=O) groups excluding carboxylic acids is 1. The highest BCUT2D eigenvalue weighted by atomic mass is 16.4. The van der Waals surface area contributed by atoms with Crippen LogP contribution in [0.2, 0.25) is 0 Å². The Morgan fingerprint density at radius 1 is 0.453 bits per heavy atom. The molecular formula is C68H123N3O4. The third-order valence-corrected chi connectivity index (χ3v) is 18.5. The number of benzene rings is 1. The molecule has 0 radical (unpaired) electrons. The number of anilines is 2. The zero-order valence-corrected chi connectivity index (χ0v) is 49.6. The number of nitrogens with zero attached hydrogens (tertiary/aromatic N) is 2. The molecule has 75 heavy (non-hydrogen) atoms. The van der Waals surface area contributed by atoms with E-state index in [-0.39, 0.29) is 12.1 Å². The molecule has 0 bridgehead atoms. The summed E-state index contributed by atoms with van der Waals surface area (Å²) in [7, 11) is 0. The summed E-state index contributed by atoms with van der Waals surface area (Å²) < 4.78 is 0. The first-order valence-electron chi connectivity index (χ1n) is 33.7. The largest absolute Gasteiger partial charge is 0.465 e. The van der Waals surface area contributed by atoms with Crippen LogP contribution in [0.5, 0.6) is 0 Å². The van der Waals surface area contributed by atoms with Crippen molar-refractivity contribution in [3.63, 3.8) is 0 Å². The van der Waals surface area contributed by atoms with Crippen LogP contribution in [0.3, 0.4) is 0 Å². The molecule has 7 nitrogen and oxygen atoms in total. The van der Waals surface area contributed by atoms with E-state index in [2.05, 4.69) is 27.2 Å². The number of amides is 2. The van der Waals surface area contributed by atoms with Gasteiger partial charge in [-0.2, -0.15) is 0 Å². The Morgan fingerprint density at radius 2 is 0.773 bits per heavy atom. The van der Waals surface area contributed by atoms with Crippen molar-refractivity contribution < 1.29 is 19.8 Å². The van der Waals surface area contributed by atoms with Gasteiger partial charge in [-0.1, -0.05) is 295 Å². The van der Waals surface area contributed by atoms with E-state index in [0.29, 0.717) is 11.6 Å². The van der Waals surface area contributed by atoms with Crippen molar-refractivity contribution in [3.05, 3.63) is 23.8 Å². The number of aryl methyl sites for hydroxylation is 1. The van der Waals surface area contributed by atoms with Crippen molar-refractivity contribution >= 4 is 23.4 Å². The van der Waals surface area contributed by atoms with E-state index < -0.39 is 11.5 Å². The Kier molecular flexibility index (Phi) is 37.9. The maximum absolute atomic E-state index is 14.9. The molecular weight excluding hydrogens is 923 g/mol.